The summed E-state index contributed by atoms with van der Waals surface area (Å²) in [7, 11) is 3.24. The summed E-state index contributed by atoms with van der Waals surface area (Å²) in [6, 6.07) is -0.0947. The molecule has 0 unspecified atom stereocenters. The number of piperidine rings is 1. The van der Waals surface area contributed by atoms with Crippen molar-refractivity contribution in [3.8, 4) is 0 Å². The second-order valence-corrected chi connectivity index (χ2v) is 5.16. The highest BCUT2D eigenvalue weighted by molar-refractivity contribution is 5.78. The Morgan fingerprint density at radius 1 is 1.30 bits per heavy atom. The summed E-state index contributed by atoms with van der Waals surface area (Å²) in [6.45, 7) is 1.55. The van der Waals surface area contributed by atoms with Gasteiger partial charge in [0.25, 0.3) is 0 Å². The topological polar surface area (TPSA) is 90.0 Å². The van der Waals surface area contributed by atoms with Gasteiger partial charge in [0.05, 0.1) is 0 Å². The van der Waals surface area contributed by atoms with E-state index in [4.69, 9.17) is 5.11 Å². The van der Waals surface area contributed by atoms with Gasteiger partial charge < -0.3 is 20.2 Å². The molecule has 2 N–H and O–H groups in total. The Hall–Kier alpha value is -1.79. The Labute approximate surface area is 118 Å². The van der Waals surface area contributed by atoms with Crippen LogP contribution in [-0.4, -0.2) is 66.5 Å². The summed E-state index contributed by atoms with van der Waals surface area (Å²) >= 11 is 0. The lowest BCUT2D eigenvalue weighted by atomic mass is 9.94. The summed E-state index contributed by atoms with van der Waals surface area (Å²) in [4.78, 5) is 37.2. The molecular weight excluding hydrogens is 262 g/mol. The van der Waals surface area contributed by atoms with Crippen molar-refractivity contribution in [2.75, 3.05) is 33.7 Å². The van der Waals surface area contributed by atoms with Crippen LogP contribution in [0.3, 0.4) is 0 Å². The first kappa shape index (κ1) is 16.3. The molecule has 7 heteroatoms. The van der Waals surface area contributed by atoms with Gasteiger partial charge in [-0.2, -0.15) is 0 Å². The van der Waals surface area contributed by atoms with Crippen LogP contribution in [0.2, 0.25) is 0 Å². The van der Waals surface area contributed by atoms with Crippen LogP contribution in [-0.2, 0) is 9.59 Å². The van der Waals surface area contributed by atoms with Crippen molar-refractivity contribution in [3.63, 3.8) is 0 Å². The largest absolute Gasteiger partial charge is 0.481 e. The highest BCUT2D eigenvalue weighted by atomic mass is 16.4. The van der Waals surface area contributed by atoms with E-state index in [-0.39, 0.29) is 30.7 Å². The van der Waals surface area contributed by atoms with Gasteiger partial charge in [-0.1, -0.05) is 0 Å². The number of hydrogen-bond acceptors (Lipinski definition) is 3. The first-order chi connectivity index (χ1) is 9.43. The van der Waals surface area contributed by atoms with E-state index < -0.39 is 5.97 Å². The Balaban J connectivity index is 2.34. The van der Waals surface area contributed by atoms with Crippen LogP contribution in [0.4, 0.5) is 4.79 Å². The molecule has 0 aromatic rings. The number of carbonyl (C=O) groups excluding carboxylic acids is 2. The number of rotatable bonds is 5. The third kappa shape index (κ3) is 5.07. The average molecular weight is 285 g/mol. The number of nitrogens with one attached hydrogen (secondary N) is 1. The average Bonchev–Trinajstić information content (AvgIpc) is 2.43. The molecule has 3 amide bonds. The van der Waals surface area contributed by atoms with Crippen molar-refractivity contribution in [3.05, 3.63) is 0 Å². The predicted molar refractivity (Wildman–Crippen MR) is 73.3 cm³/mol. The van der Waals surface area contributed by atoms with Crippen LogP contribution in [0.15, 0.2) is 0 Å². The van der Waals surface area contributed by atoms with Crippen molar-refractivity contribution in [2.24, 2.45) is 5.92 Å². The fourth-order valence-electron chi connectivity index (χ4n) is 2.31. The molecule has 0 bridgehead atoms. The molecular formula is C13H23N3O4. The molecule has 0 aromatic carbocycles. The number of carbonyl (C=O) groups is 3. The van der Waals surface area contributed by atoms with Crippen molar-refractivity contribution < 1.29 is 19.5 Å². The lowest BCUT2D eigenvalue weighted by molar-refractivity contribution is -0.138. The number of aliphatic carboxylic acids is 1. The number of hydrogen-bond donors (Lipinski definition) is 2. The highest BCUT2D eigenvalue weighted by Crippen LogP contribution is 2.21. The maximum atomic E-state index is 12.1. The van der Waals surface area contributed by atoms with E-state index in [1.165, 1.54) is 4.90 Å². The molecule has 0 spiro atoms. The van der Waals surface area contributed by atoms with Gasteiger partial charge in [-0.3, -0.25) is 9.59 Å². The van der Waals surface area contributed by atoms with Gasteiger partial charge in [0.15, 0.2) is 0 Å². The van der Waals surface area contributed by atoms with Gasteiger partial charge >= 0.3 is 12.0 Å². The van der Waals surface area contributed by atoms with E-state index >= 15 is 0 Å². The molecule has 1 heterocycles. The number of carboxylic acid groups (broad SMARTS) is 1. The molecule has 7 nitrogen and oxygen atoms in total. The van der Waals surface area contributed by atoms with Crippen LogP contribution < -0.4 is 5.32 Å². The molecule has 0 saturated carbocycles. The second-order valence-electron chi connectivity index (χ2n) is 5.16. The standard InChI is InChI=1S/C13H23N3O4/c1-14-11(17)5-6-15(2)13(20)16-7-3-10(4-8-16)9-12(18)19/h10H,3-9H2,1-2H3,(H,14,17)(H,18,19). The number of likely N-dealkylation sites (tertiary alicyclic amines) is 1. The highest BCUT2D eigenvalue weighted by Gasteiger charge is 2.26. The normalized spacial score (nSPS) is 15.8. The fourth-order valence-corrected chi connectivity index (χ4v) is 2.31. The van der Waals surface area contributed by atoms with Crippen LogP contribution >= 0.6 is 0 Å². The van der Waals surface area contributed by atoms with Gasteiger partial charge in [0.2, 0.25) is 5.91 Å². The lowest BCUT2D eigenvalue weighted by Gasteiger charge is -2.34. The molecule has 0 atom stereocenters. The first-order valence-corrected chi connectivity index (χ1v) is 6.86. The molecule has 0 aromatic heterocycles. The van der Waals surface area contributed by atoms with E-state index in [9.17, 15) is 14.4 Å². The zero-order chi connectivity index (χ0) is 15.1. The molecule has 1 rings (SSSR count). The molecule has 1 saturated heterocycles. The monoisotopic (exact) mass is 285 g/mol. The molecule has 1 aliphatic heterocycles. The minimum Gasteiger partial charge on any atom is -0.481 e. The van der Waals surface area contributed by atoms with Gasteiger partial charge in [0, 0.05) is 46.6 Å². The van der Waals surface area contributed by atoms with E-state index in [2.05, 4.69) is 5.32 Å². The van der Waals surface area contributed by atoms with E-state index in [1.54, 1.807) is 19.0 Å². The minimum atomic E-state index is -0.780. The third-order valence-corrected chi connectivity index (χ3v) is 3.63. The van der Waals surface area contributed by atoms with Crippen molar-refractivity contribution in [2.45, 2.75) is 25.7 Å². The molecule has 20 heavy (non-hydrogen) atoms. The number of carboxylic acids is 1. The Morgan fingerprint density at radius 2 is 1.90 bits per heavy atom. The smallest absolute Gasteiger partial charge is 0.319 e. The number of amides is 3. The van der Waals surface area contributed by atoms with Crippen molar-refractivity contribution >= 4 is 17.9 Å². The van der Waals surface area contributed by atoms with Crippen LogP contribution in [0.5, 0.6) is 0 Å². The van der Waals surface area contributed by atoms with Crippen LogP contribution in [0.1, 0.15) is 25.7 Å². The zero-order valence-electron chi connectivity index (χ0n) is 12.1. The summed E-state index contributed by atoms with van der Waals surface area (Å²) in [5.41, 5.74) is 0. The molecule has 1 fully saturated rings. The molecule has 0 aliphatic carbocycles. The Bertz CT molecular complexity index is 365. The van der Waals surface area contributed by atoms with E-state index in [0.717, 1.165) is 12.8 Å². The van der Waals surface area contributed by atoms with Gasteiger partial charge in [-0.25, -0.2) is 4.79 Å². The van der Waals surface area contributed by atoms with Crippen molar-refractivity contribution in [1.29, 1.82) is 0 Å². The molecule has 0 radical (unpaired) electrons. The summed E-state index contributed by atoms with van der Waals surface area (Å²) in [5.74, 6) is -0.713. The van der Waals surface area contributed by atoms with Gasteiger partial charge in [-0.05, 0) is 18.8 Å². The number of nitrogens with zero attached hydrogens (tertiary/aromatic N) is 2. The summed E-state index contributed by atoms with van der Waals surface area (Å²) in [5, 5.41) is 11.3. The van der Waals surface area contributed by atoms with Crippen molar-refractivity contribution in [1.82, 2.24) is 15.1 Å². The Kier molecular flexibility index (Phi) is 6.27. The fraction of sp³-hybridized carbons (Fsp3) is 0.769. The Morgan fingerprint density at radius 3 is 2.40 bits per heavy atom. The quantitative estimate of drug-likeness (QED) is 0.763. The SMILES string of the molecule is CNC(=O)CCN(C)C(=O)N1CCC(CC(=O)O)CC1. The summed E-state index contributed by atoms with van der Waals surface area (Å²) in [6.07, 6.45) is 1.91. The van der Waals surface area contributed by atoms with Gasteiger partial charge in [0.1, 0.15) is 0 Å². The molecule has 114 valence electrons. The zero-order valence-corrected chi connectivity index (χ0v) is 12.1. The van der Waals surface area contributed by atoms with E-state index in [0.29, 0.717) is 19.6 Å². The summed E-state index contributed by atoms with van der Waals surface area (Å²) < 4.78 is 0. The van der Waals surface area contributed by atoms with Crippen LogP contribution in [0, 0.1) is 5.92 Å². The third-order valence-electron chi connectivity index (χ3n) is 3.63. The molecule has 1 aliphatic rings. The van der Waals surface area contributed by atoms with E-state index in [1.807, 2.05) is 0 Å². The second kappa shape index (κ2) is 7.72. The maximum absolute atomic E-state index is 12.1. The van der Waals surface area contributed by atoms with Crippen LogP contribution in [0.25, 0.3) is 0 Å². The maximum Gasteiger partial charge on any atom is 0.319 e. The van der Waals surface area contributed by atoms with Gasteiger partial charge in [-0.15, -0.1) is 0 Å². The number of urea groups is 1. The minimum absolute atomic E-state index is 0.0928. The first-order valence-electron chi connectivity index (χ1n) is 6.86. The predicted octanol–water partition coefficient (Wildman–Crippen LogP) is 0.361. The lowest BCUT2D eigenvalue weighted by Crippen LogP contribution is -2.46.